The molecule has 30 heavy (non-hydrogen) atoms. The highest BCUT2D eigenvalue weighted by Crippen LogP contribution is 2.10. The summed E-state index contributed by atoms with van der Waals surface area (Å²) < 4.78 is 0. The van der Waals surface area contributed by atoms with Crippen LogP contribution in [0.3, 0.4) is 0 Å². The Kier molecular flexibility index (Phi) is 9.68. The first-order valence-electron chi connectivity index (χ1n) is 9.88. The first kappa shape index (κ1) is 25.3. The SMILES string of the molecule is CN(C)NC(=O)C(Cc1ccccc1)N(C)C(=O)CN(C)C(=O)/C=C/CC(C)(C)N. The molecule has 0 spiro atoms. The summed E-state index contributed by atoms with van der Waals surface area (Å²) in [6, 6.07) is 8.78. The van der Waals surface area contributed by atoms with Crippen LogP contribution in [-0.4, -0.2) is 78.8 Å². The van der Waals surface area contributed by atoms with E-state index in [9.17, 15) is 14.4 Å². The molecule has 0 aliphatic carbocycles. The number of hydrogen-bond donors (Lipinski definition) is 2. The van der Waals surface area contributed by atoms with Crippen molar-refractivity contribution in [1.82, 2.24) is 20.2 Å². The van der Waals surface area contributed by atoms with Crippen molar-refractivity contribution in [3.63, 3.8) is 0 Å². The Labute approximate surface area is 179 Å². The molecule has 0 heterocycles. The molecule has 0 saturated heterocycles. The number of benzene rings is 1. The van der Waals surface area contributed by atoms with Crippen LogP contribution in [0.1, 0.15) is 25.8 Å². The van der Waals surface area contributed by atoms with Crippen LogP contribution in [0, 0.1) is 0 Å². The van der Waals surface area contributed by atoms with Crippen molar-refractivity contribution < 1.29 is 14.4 Å². The molecule has 0 aromatic heterocycles. The summed E-state index contributed by atoms with van der Waals surface area (Å²) >= 11 is 0. The van der Waals surface area contributed by atoms with Crippen LogP contribution in [0.5, 0.6) is 0 Å². The number of carbonyl (C=O) groups excluding carboxylic acids is 3. The molecule has 8 heteroatoms. The Morgan fingerprint density at radius 2 is 1.70 bits per heavy atom. The summed E-state index contributed by atoms with van der Waals surface area (Å²) in [6.07, 6.45) is 4.04. The van der Waals surface area contributed by atoms with Gasteiger partial charge in [-0.15, -0.1) is 0 Å². The van der Waals surface area contributed by atoms with E-state index >= 15 is 0 Å². The minimum Gasteiger partial charge on any atom is -0.333 e. The maximum absolute atomic E-state index is 12.8. The molecule has 3 amide bonds. The second kappa shape index (κ2) is 11.5. The Morgan fingerprint density at radius 3 is 2.23 bits per heavy atom. The summed E-state index contributed by atoms with van der Waals surface area (Å²) in [5.74, 6) is -0.912. The molecule has 0 bridgehead atoms. The van der Waals surface area contributed by atoms with Gasteiger partial charge in [0.15, 0.2) is 0 Å². The molecule has 1 aromatic rings. The molecule has 0 saturated carbocycles. The quantitative estimate of drug-likeness (QED) is 0.433. The third kappa shape index (κ3) is 9.19. The molecular formula is C22H35N5O3. The fourth-order valence-corrected chi connectivity index (χ4v) is 2.69. The van der Waals surface area contributed by atoms with Crippen LogP contribution in [0.4, 0.5) is 0 Å². The fraction of sp³-hybridized carbons (Fsp3) is 0.500. The smallest absolute Gasteiger partial charge is 0.257 e. The van der Waals surface area contributed by atoms with Gasteiger partial charge < -0.3 is 15.5 Å². The van der Waals surface area contributed by atoms with E-state index in [0.29, 0.717) is 12.8 Å². The molecule has 1 rings (SSSR count). The highest BCUT2D eigenvalue weighted by atomic mass is 16.2. The highest BCUT2D eigenvalue weighted by molar-refractivity contribution is 5.93. The van der Waals surface area contributed by atoms with Crippen molar-refractivity contribution >= 4 is 17.7 Å². The normalized spacial score (nSPS) is 12.7. The molecule has 1 aromatic carbocycles. The topological polar surface area (TPSA) is 99.0 Å². The van der Waals surface area contributed by atoms with E-state index in [-0.39, 0.29) is 24.3 Å². The number of rotatable bonds is 10. The number of carbonyl (C=O) groups is 3. The monoisotopic (exact) mass is 417 g/mol. The average Bonchev–Trinajstić information content (AvgIpc) is 2.64. The van der Waals surface area contributed by atoms with E-state index in [1.807, 2.05) is 44.2 Å². The lowest BCUT2D eigenvalue weighted by atomic mass is 10.0. The van der Waals surface area contributed by atoms with Gasteiger partial charge in [-0.2, -0.15) is 0 Å². The summed E-state index contributed by atoms with van der Waals surface area (Å²) in [7, 11) is 6.55. The van der Waals surface area contributed by atoms with Crippen molar-refractivity contribution in [2.75, 3.05) is 34.7 Å². The molecule has 0 radical (unpaired) electrons. The summed E-state index contributed by atoms with van der Waals surface area (Å²) in [4.78, 5) is 40.5. The van der Waals surface area contributed by atoms with Crippen molar-refractivity contribution in [2.45, 2.75) is 38.3 Å². The van der Waals surface area contributed by atoms with Gasteiger partial charge >= 0.3 is 0 Å². The lowest BCUT2D eigenvalue weighted by Crippen LogP contribution is -2.53. The van der Waals surface area contributed by atoms with E-state index in [1.54, 1.807) is 34.3 Å². The minimum absolute atomic E-state index is 0.133. The van der Waals surface area contributed by atoms with Crippen LogP contribution in [0.25, 0.3) is 0 Å². The van der Waals surface area contributed by atoms with E-state index in [0.717, 1.165) is 5.56 Å². The maximum atomic E-state index is 12.8. The zero-order chi connectivity index (χ0) is 22.9. The van der Waals surface area contributed by atoms with Gasteiger partial charge in [0, 0.05) is 40.2 Å². The fourth-order valence-electron chi connectivity index (χ4n) is 2.69. The van der Waals surface area contributed by atoms with Crippen LogP contribution < -0.4 is 11.2 Å². The third-order valence-corrected chi connectivity index (χ3v) is 4.42. The van der Waals surface area contributed by atoms with Crippen LogP contribution in [0.15, 0.2) is 42.5 Å². The molecule has 8 nitrogen and oxygen atoms in total. The Balaban J connectivity index is 2.84. The minimum atomic E-state index is -0.709. The van der Waals surface area contributed by atoms with Gasteiger partial charge in [0.1, 0.15) is 6.04 Å². The molecule has 166 valence electrons. The van der Waals surface area contributed by atoms with Gasteiger partial charge in [0.2, 0.25) is 11.8 Å². The highest BCUT2D eigenvalue weighted by Gasteiger charge is 2.28. The molecule has 0 aliphatic rings. The van der Waals surface area contributed by atoms with Gasteiger partial charge in [0.25, 0.3) is 5.91 Å². The number of hydrogen-bond acceptors (Lipinski definition) is 5. The third-order valence-electron chi connectivity index (χ3n) is 4.42. The number of likely N-dealkylation sites (N-methyl/N-ethyl adjacent to an activating group) is 2. The zero-order valence-corrected chi connectivity index (χ0v) is 18.9. The van der Waals surface area contributed by atoms with E-state index in [4.69, 9.17) is 5.73 Å². The molecule has 0 aliphatic heterocycles. The van der Waals surface area contributed by atoms with Crippen LogP contribution in [-0.2, 0) is 20.8 Å². The number of nitrogens with two attached hydrogens (primary N) is 1. The van der Waals surface area contributed by atoms with Gasteiger partial charge in [-0.3, -0.25) is 19.8 Å². The van der Waals surface area contributed by atoms with Crippen molar-refractivity contribution in [3.8, 4) is 0 Å². The van der Waals surface area contributed by atoms with Gasteiger partial charge in [-0.1, -0.05) is 36.4 Å². The van der Waals surface area contributed by atoms with Gasteiger partial charge in [0.05, 0.1) is 6.54 Å². The molecule has 3 N–H and O–H groups in total. The Bertz CT molecular complexity index is 741. The number of amides is 3. The first-order chi connectivity index (χ1) is 13.9. The maximum Gasteiger partial charge on any atom is 0.257 e. The van der Waals surface area contributed by atoms with Crippen LogP contribution in [0.2, 0.25) is 0 Å². The van der Waals surface area contributed by atoms with Crippen LogP contribution >= 0.6 is 0 Å². The largest absolute Gasteiger partial charge is 0.333 e. The predicted molar refractivity (Wildman–Crippen MR) is 118 cm³/mol. The van der Waals surface area contributed by atoms with E-state index in [2.05, 4.69) is 5.43 Å². The summed E-state index contributed by atoms with van der Waals surface area (Å²) in [5.41, 5.74) is 9.14. The molecule has 1 unspecified atom stereocenters. The zero-order valence-electron chi connectivity index (χ0n) is 18.9. The van der Waals surface area contributed by atoms with Gasteiger partial charge in [-0.05, 0) is 31.9 Å². The standard InChI is InChI=1S/C22H35N5O3/c1-22(2,23)14-10-13-19(28)26(5)16-20(29)27(6)18(21(30)24-25(3)4)15-17-11-8-7-9-12-17/h7-13,18H,14-16,23H2,1-6H3,(H,24,30)/b13-10+. The van der Waals surface area contributed by atoms with Crippen molar-refractivity contribution in [2.24, 2.45) is 5.73 Å². The van der Waals surface area contributed by atoms with E-state index in [1.165, 1.54) is 20.9 Å². The predicted octanol–water partition coefficient (Wildman–Crippen LogP) is 0.791. The van der Waals surface area contributed by atoms with Crippen molar-refractivity contribution in [3.05, 3.63) is 48.0 Å². The second-order valence-corrected chi connectivity index (χ2v) is 8.37. The van der Waals surface area contributed by atoms with Crippen molar-refractivity contribution in [1.29, 1.82) is 0 Å². The molecule has 0 fully saturated rings. The molecule has 1 atom stereocenters. The van der Waals surface area contributed by atoms with Gasteiger partial charge in [-0.25, -0.2) is 5.01 Å². The number of hydrazine groups is 1. The Hall–Kier alpha value is -2.71. The number of nitrogens with one attached hydrogen (secondary N) is 1. The lowest BCUT2D eigenvalue weighted by Gasteiger charge is -2.30. The number of nitrogens with zero attached hydrogens (tertiary/aromatic N) is 3. The second-order valence-electron chi connectivity index (χ2n) is 8.37. The summed E-state index contributed by atoms with van der Waals surface area (Å²) in [6.45, 7) is 3.61. The first-order valence-corrected chi connectivity index (χ1v) is 9.88. The molecular weight excluding hydrogens is 382 g/mol. The van der Waals surface area contributed by atoms with E-state index < -0.39 is 11.6 Å². The lowest BCUT2D eigenvalue weighted by molar-refractivity contribution is -0.143. The average molecular weight is 418 g/mol. The Morgan fingerprint density at radius 1 is 1.10 bits per heavy atom. The summed E-state index contributed by atoms with van der Waals surface area (Å²) in [5, 5.41) is 1.54.